The van der Waals surface area contributed by atoms with E-state index in [9.17, 15) is 19.2 Å². The molecule has 0 radical (unpaired) electrons. The van der Waals surface area contributed by atoms with Gasteiger partial charge >= 0.3 is 0 Å². The number of fused-ring (bicyclic) bond motifs is 2. The van der Waals surface area contributed by atoms with E-state index in [0.29, 0.717) is 10.0 Å². The fourth-order valence-corrected chi connectivity index (χ4v) is 3.48. The van der Waals surface area contributed by atoms with Crippen molar-refractivity contribution in [1.29, 1.82) is 0 Å². The van der Waals surface area contributed by atoms with Crippen LogP contribution in [0, 0.1) is 0 Å². The Morgan fingerprint density at radius 3 is 1.31 bits per heavy atom. The third-order valence-electron chi connectivity index (χ3n) is 4.41. The van der Waals surface area contributed by atoms with E-state index in [4.69, 9.17) is 23.2 Å². The minimum atomic E-state index is -0.493. The summed E-state index contributed by atoms with van der Waals surface area (Å²) in [6, 6.07) is 8.90. The van der Waals surface area contributed by atoms with Crippen molar-refractivity contribution in [3.63, 3.8) is 0 Å². The third-order valence-corrected chi connectivity index (χ3v) is 4.88. The lowest BCUT2D eigenvalue weighted by Crippen LogP contribution is -2.40. The number of imide groups is 2. The zero-order chi connectivity index (χ0) is 18.6. The molecule has 4 rings (SSSR count). The fourth-order valence-electron chi connectivity index (χ4n) is 3.13. The zero-order valence-corrected chi connectivity index (χ0v) is 14.7. The molecule has 0 spiro atoms. The van der Waals surface area contributed by atoms with E-state index in [0.717, 1.165) is 9.80 Å². The normalized spacial score (nSPS) is 15.8. The smallest absolute Gasteiger partial charge is 0.261 e. The van der Waals surface area contributed by atoms with Crippen LogP contribution in [0.4, 0.5) is 0 Å². The molecule has 0 unspecified atom stereocenters. The molecule has 2 heterocycles. The fraction of sp³-hybridized carbons (Fsp3) is 0.111. The van der Waals surface area contributed by atoms with E-state index in [1.807, 2.05) is 0 Å². The molecule has 2 aliphatic heterocycles. The summed E-state index contributed by atoms with van der Waals surface area (Å²) >= 11 is 11.8. The van der Waals surface area contributed by atoms with E-state index in [1.54, 1.807) is 0 Å². The molecule has 130 valence electrons. The Bertz CT molecular complexity index is 937. The van der Waals surface area contributed by atoms with Crippen LogP contribution in [0.5, 0.6) is 0 Å². The van der Waals surface area contributed by atoms with Crippen LogP contribution < -0.4 is 0 Å². The summed E-state index contributed by atoms with van der Waals surface area (Å²) in [6.45, 7) is -0.188. The van der Waals surface area contributed by atoms with Crippen molar-refractivity contribution >= 4 is 46.8 Å². The van der Waals surface area contributed by atoms with Crippen LogP contribution in [0.2, 0.25) is 10.0 Å². The van der Waals surface area contributed by atoms with Gasteiger partial charge in [0.25, 0.3) is 23.6 Å². The standard InChI is InChI=1S/C18H10Cl2N2O4/c19-9-1-3-11-13(7-9)17(25)21(15(11)23)5-6-22-16(24)12-4-2-10(20)8-14(12)18(22)26/h1-4,7-8H,5-6H2. The van der Waals surface area contributed by atoms with Gasteiger partial charge in [0.2, 0.25) is 0 Å². The van der Waals surface area contributed by atoms with Crippen molar-refractivity contribution in [2.75, 3.05) is 13.1 Å². The highest BCUT2D eigenvalue weighted by Crippen LogP contribution is 2.28. The van der Waals surface area contributed by atoms with Gasteiger partial charge in [-0.2, -0.15) is 0 Å². The van der Waals surface area contributed by atoms with E-state index in [-0.39, 0.29) is 35.3 Å². The topological polar surface area (TPSA) is 74.8 Å². The quantitative estimate of drug-likeness (QED) is 0.757. The molecule has 2 aromatic carbocycles. The molecule has 0 aliphatic carbocycles. The van der Waals surface area contributed by atoms with Crippen molar-refractivity contribution in [1.82, 2.24) is 9.80 Å². The number of hydrogen-bond donors (Lipinski definition) is 0. The molecule has 2 aliphatic rings. The van der Waals surface area contributed by atoms with Gasteiger partial charge in [0.15, 0.2) is 0 Å². The Kier molecular flexibility index (Phi) is 3.82. The SMILES string of the molecule is O=C1c2ccc(Cl)cc2C(=O)N1CCN1C(=O)c2ccc(Cl)cc2C1=O. The second-order valence-electron chi connectivity index (χ2n) is 5.90. The molecule has 0 saturated carbocycles. The van der Waals surface area contributed by atoms with E-state index >= 15 is 0 Å². The van der Waals surface area contributed by atoms with Crippen LogP contribution in [-0.2, 0) is 0 Å². The highest BCUT2D eigenvalue weighted by atomic mass is 35.5. The second kappa shape index (κ2) is 5.93. The maximum atomic E-state index is 12.4. The van der Waals surface area contributed by atoms with Gasteiger partial charge in [-0.1, -0.05) is 23.2 Å². The third kappa shape index (κ3) is 2.41. The molecule has 8 heteroatoms. The zero-order valence-electron chi connectivity index (χ0n) is 13.2. The van der Waals surface area contributed by atoms with Crippen LogP contribution >= 0.6 is 23.2 Å². The van der Waals surface area contributed by atoms with Crippen molar-refractivity contribution in [3.05, 3.63) is 68.7 Å². The molecule has 0 N–H and O–H groups in total. The lowest BCUT2D eigenvalue weighted by atomic mass is 10.1. The molecule has 4 amide bonds. The predicted molar refractivity (Wildman–Crippen MR) is 93.6 cm³/mol. The average Bonchev–Trinajstić information content (AvgIpc) is 2.98. The lowest BCUT2D eigenvalue weighted by Gasteiger charge is -2.18. The van der Waals surface area contributed by atoms with E-state index in [2.05, 4.69) is 0 Å². The van der Waals surface area contributed by atoms with Crippen molar-refractivity contribution < 1.29 is 19.2 Å². The van der Waals surface area contributed by atoms with Gasteiger partial charge in [0.1, 0.15) is 0 Å². The summed E-state index contributed by atoms with van der Waals surface area (Å²) in [7, 11) is 0. The maximum absolute atomic E-state index is 12.4. The first-order valence-corrected chi connectivity index (χ1v) is 8.45. The van der Waals surface area contributed by atoms with Gasteiger partial charge in [-0.15, -0.1) is 0 Å². The first kappa shape index (κ1) is 16.8. The monoisotopic (exact) mass is 388 g/mol. The number of hydrogen-bond acceptors (Lipinski definition) is 4. The van der Waals surface area contributed by atoms with Crippen molar-refractivity contribution in [2.45, 2.75) is 0 Å². The number of carbonyl (C=O) groups excluding carboxylic acids is 4. The summed E-state index contributed by atoms with van der Waals surface area (Å²) in [5.74, 6) is -1.93. The number of nitrogens with zero attached hydrogens (tertiary/aromatic N) is 2. The van der Waals surface area contributed by atoms with E-state index < -0.39 is 23.6 Å². The molecular formula is C18H10Cl2N2O4. The average molecular weight is 389 g/mol. The number of halogens is 2. The van der Waals surface area contributed by atoms with E-state index in [1.165, 1.54) is 36.4 Å². The van der Waals surface area contributed by atoms with Gasteiger partial charge in [-0.3, -0.25) is 29.0 Å². The molecule has 2 aromatic rings. The Morgan fingerprint density at radius 2 is 0.923 bits per heavy atom. The van der Waals surface area contributed by atoms with Crippen LogP contribution in [0.25, 0.3) is 0 Å². The number of rotatable bonds is 3. The maximum Gasteiger partial charge on any atom is 0.261 e. The van der Waals surface area contributed by atoms with Gasteiger partial charge < -0.3 is 0 Å². The highest BCUT2D eigenvalue weighted by molar-refractivity contribution is 6.32. The van der Waals surface area contributed by atoms with Gasteiger partial charge in [0.05, 0.1) is 22.3 Å². The first-order valence-electron chi connectivity index (χ1n) is 7.70. The molecule has 26 heavy (non-hydrogen) atoms. The Labute approximate surface area is 157 Å². The Balaban J connectivity index is 1.54. The van der Waals surface area contributed by atoms with Crippen molar-refractivity contribution in [3.8, 4) is 0 Å². The van der Waals surface area contributed by atoms with Gasteiger partial charge in [-0.25, -0.2) is 0 Å². The molecule has 0 atom stereocenters. The number of carbonyl (C=O) groups is 4. The largest absolute Gasteiger partial charge is 0.273 e. The lowest BCUT2D eigenvalue weighted by molar-refractivity contribution is 0.0561. The van der Waals surface area contributed by atoms with Crippen LogP contribution in [0.3, 0.4) is 0 Å². The highest BCUT2D eigenvalue weighted by Gasteiger charge is 2.39. The molecule has 6 nitrogen and oxygen atoms in total. The number of benzene rings is 2. The Hall–Kier alpha value is -2.70. The molecular weight excluding hydrogens is 379 g/mol. The minimum absolute atomic E-state index is 0.0941. The summed E-state index contributed by atoms with van der Waals surface area (Å²) in [5, 5.41) is 0.702. The molecule has 0 bridgehead atoms. The summed E-state index contributed by atoms with van der Waals surface area (Å²) in [4.78, 5) is 51.7. The van der Waals surface area contributed by atoms with Crippen LogP contribution in [0.1, 0.15) is 41.4 Å². The van der Waals surface area contributed by atoms with Gasteiger partial charge in [0, 0.05) is 23.1 Å². The van der Waals surface area contributed by atoms with Crippen LogP contribution in [0.15, 0.2) is 36.4 Å². The summed E-state index contributed by atoms with van der Waals surface area (Å²) < 4.78 is 0. The van der Waals surface area contributed by atoms with Crippen molar-refractivity contribution in [2.24, 2.45) is 0 Å². The van der Waals surface area contributed by atoms with Gasteiger partial charge in [-0.05, 0) is 36.4 Å². The molecule has 0 saturated heterocycles. The molecule has 0 fully saturated rings. The first-order chi connectivity index (χ1) is 12.4. The van der Waals surface area contributed by atoms with Crippen LogP contribution in [-0.4, -0.2) is 46.5 Å². The second-order valence-corrected chi connectivity index (χ2v) is 6.78. The Morgan fingerprint density at radius 1 is 0.577 bits per heavy atom. The number of amides is 4. The minimum Gasteiger partial charge on any atom is -0.273 e. The summed E-state index contributed by atoms with van der Waals surface area (Å²) in [6.07, 6.45) is 0. The predicted octanol–water partition coefficient (Wildman–Crippen LogP) is 2.89. The molecule has 0 aromatic heterocycles. The summed E-state index contributed by atoms with van der Waals surface area (Å²) in [5.41, 5.74) is 0.954.